The number of rotatable bonds is 9. The Balaban J connectivity index is 1.66. The number of aliphatic hydroxyl groups is 1. The number of likely N-dealkylation sites (N-methyl/N-ethyl adjacent to an activating group) is 1. The van der Waals surface area contributed by atoms with Gasteiger partial charge in [-0.05, 0) is 67.6 Å². The van der Waals surface area contributed by atoms with Gasteiger partial charge in [0.05, 0.1) is 42.4 Å². The van der Waals surface area contributed by atoms with Crippen molar-refractivity contribution in [2.75, 3.05) is 43.9 Å². The lowest BCUT2D eigenvalue weighted by Gasteiger charge is -2.38. The van der Waals surface area contributed by atoms with Crippen LogP contribution in [0, 0.1) is 11.7 Å². The van der Waals surface area contributed by atoms with Crippen molar-refractivity contribution in [3.05, 3.63) is 78.1 Å². The molecule has 0 bridgehead atoms. The summed E-state index contributed by atoms with van der Waals surface area (Å²) in [5.41, 5.74) is 0.638. The second kappa shape index (κ2) is 13.3. The molecule has 0 saturated heterocycles. The molecule has 0 aliphatic carbocycles. The molecular weight excluding hydrogens is 579 g/mol. The predicted octanol–water partition coefficient (Wildman–Crippen LogP) is 4.02. The van der Waals surface area contributed by atoms with Gasteiger partial charge in [0.2, 0.25) is 0 Å². The molecule has 3 atom stereocenters. The molecule has 43 heavy (non-hydrogen) atoms. The molecule has 13 heteroatoms. The Morgan fingerprint density at radius 3 is 2.47 bits per heavy atom. The fraction of sp³-hybridized carbons (Fsp3) is 0.333. The van der Waals surface area contributed by atoms with Crippen LogP contribution in [0.4, 0.5) is 20.6 Å². The standard InChI is InChI=1S/C30H35FN4O7S/c1-19-16-35(20(2)18-36)29(37)25-6-5-7-26(33-43(39,40)24-14-8-21(31)9-15-24)28(25)42-27(19)17-34(3)30(38)32-22-10-12-23(41-4)13-11-22/h5-15,19-20,27,33,36H,16-18H2,1-4H3,(H,32,38)/t19-,20-,27+/m1/s1. The van der Waals surface area contributed by atoms with Gasteiger partial charge in [-0.25, -0.2) is 17.6 Å². The summed E-state index contributed by atoms with van der Waals surface area (Å²) in [5, 5.41) is 12.7. The highest BCUT2D eigenvalue weighted by molar-refractivity contribution is 7.92. The van der Waals surface area contributed by atoms with E-state index in [1.807, 2.05) is 6.92 Å². The number of benzene rings is 3. The maximum atomic E-state index is 13.7. The Kier molecular flexibility index (Phi) is 9.77. The van der Waals surface area contributed by atoms with Crippen LogP contribution in [0.2, 0.25) is 0 Å². The van der Waals surface area contributed by atoms with Crippen molar-refractivity contribution in [3.63, 3.8) is 0 Å². The summed E-state index contributed by atoms with van der Waals surface area (Å²) in [6.45, 7) is 3.56. The van der Waals surface area contributed by atoms with Crippen LogP contribution in [0.3, 0.4) is 0 Å². The van der Waals surface area contributed by atoms with Crippen LogP contribution < -0.4 is 19.5 Å². The lowest BCUT2D eigenvalue weighted by Crippen LogP contribution is -2.50. The summed E-state index contributed by atoms with van der Waals surface area (Å²) < 4.78 is 53.8. The fourth-order valence-electron chi connectivity index (χ4n) is 4.61. The molecule has 1 heterocycles. The number of urea groups is 1. The number of anilines is 2. The monoisotopic (exact) mass is 614 g/mol. The predicted molar refractivity (Wildman–Crippen MR) is 159 cm³/mol. The van der Waals surface area contributed by atoms with E-state index in [9.17, 15) is 27.5 Å². The van der Waals surface area contributed by atoms with Gasteiger partial charge in [-0.1, -0.05) is 13.0 Å². The van der Waals surface area contributed by atoms with Crippen LogP contribution in [0.15, 0.2) is 71.6 Å². The Morgan fingerprint density at radius 2 is 1.84 bits per heavy atom. The summed E-state index contributed by atoms with van der Waals surface area (Å²) in [6, 6.07) is 14.7. The number of hydrogen-bond donors (Lipinski definition) is 3. The number of fused-ring (bicyclic) bond motifs is 1. The van der Waals surface area contributed by atoms with E-state index < -0.39 is 39.9 Å². The molecule has 1 aliphatic heterocycles. The molecule has 3 aromatic rings. The molecule has 1 aliphatic rings. The fourth-order valence-corrected chi connectivity index (χ4v) is 5.67. The Bertz CT molecular complexity index is 1550. The number of hydrogen-bond acceptors (Lipinski definition) is 7. The molecule has 0 saturated carbocycles. The van der Waals surface area contributed by atoms with E-state index in [0.717, 1.165) is 24.3 Å². The van der Waals surface area contributed by atoms with E-state index in [-0.39, 0.29) is 47.5 Å². The normalized spacial score (nSPS) is 17.5. The molecule has 0 fully saturated rings. The number of amides is 3. The molecule has 0 spiro atoms. The Labute approximate surface area is 250 Å². The molecule has 0 unspecified atom stereocenters. The molecule has 230 valence electrons. The van der Waals surface area contributed by atoms with Crippen molar-refractivity contribution in [1.29, 1.82) is 0 Å². The SMILES string of the molecule is COc1ccc(NC(=O)N(C)C[C@@H]2Oc3c(NS(=O)(=O)c4ccc(F)cc4)cccc3C(=O)N([C@H](C)CO)C[C@H]2C)cc1. The van der Waals surface area contributed by atoms with Crippen LogP contribution in [0.25, 0.3) is 0 Å². The minimum atomic E-state index is -4.19. The van der Waals surface area contributed by atoms with E-state index in [4.69, 9.17) is 9.47 Å². The molecule has 3 aromatic carbocycles. The van der Waals surface area contributed by atoms with Crippen molar-refractivity contribution >= 4 is 33.3 Å². The number of carbonyl (C=O) groups excluding carboxylic acids is 2. The summed E-state index contributed by atoms with van der Waals surface area (Å²) in [4.78, 5) is 29.5. The summed E-state index contributed by atoms with van der Waals surface area (Å²) in [6.07, 6.45) is -0.691. The minimum Gasteiger partial charge on any atom is -0.497 e. The molecule has 3 amide bonds. The van der Waals surface area contributed by atoms with Gasteiger partial charge < -0.3 is 29.7 Å². The topological polar surface area (TPSA) is 138 Å². The Morgan fingerprint density at radius 1 is 1.16 bits per heavy atom. The first-order valence-corrected chi connectivity index (χ1v) is 15.1. The van der Waals surface area contributed by atoms with E-state index in [2.05, 4.69) is 10.0 Å². The first kappa shape index (κ1) is 31.6. The number of halogens is 1. The van der Waals surface area contributed by atoms with E-state index in [1.165, 1.54) is 28.0 Å². The smallest absolute Gasteiger partial charge is 0.321 e. The number of ether oxygens (including phenoxy) is 2. The highest BCUT2D eigenvalue weighted by Crippen LogP contribution is 2.36. The van der Waals surface area contributed by atoms with E-state index in [0.29, 0.717) is 11.4 Å². The van der Waals surface area contributed by atoms with Gasteiger partial charge in [0, 0.05) is 25.2 Å². The molecule has 0 aromatic heterocycles. The maximum Gasteiger partial charge on any atom is 0.321 e. The zero-order chi connectivity index (χ0) is 31.3. The molecular formula is C30H35FN4O7S. The van der Waals surface area contributed by atoms with Gasteiger partial charge in [-0.15, -0.1) is 0 Å². The van der Waals surface area contributed by atoms with Gasteiger partial charge in [0.15, 0.2) is 5.75 Å². The zero-order valence-electron chi connectivity index (χ0n) is 24.3. The zero-order valence-corrected chi connectivity index (χ0v) is 25.1. The highest BCUT2D eigenvalue weighted by Gasteiger charge is 2.35. The number of carbonyl (C=O) groups is 2. The number of nitrogens with one attached hydrogen (secondary N) is 2. The van der Waals surface area contributed by atoms with Gasteiger partial charge in [-0.3, -0.25) is 9.52 Å². The van der Waals surface area contributed by atoms with E-state index >= 15 is 0 Å². The largest absolute Gasteiger partial charge is 0.497 e. The van der Waals surface area contributed by atoms with Crippen LogP contribution >= 0.6 is 0 Å². The third kappa shape index (κ3) is 7.35. The average molecular weight is 615 g/mol. The second-order valence-corrected chi connectivity index (χ2v) is 12.1. The van der Waals surface area contributed by atoms with Gasteiger partial charge in [0.1, 0.15) is 17.7 Å². The maximum absolute atomic E-state index is 13.7. The minimum absolute atomic E-state index is 0.00351. The van der Waals surface area contributed by atoms with Gasteiger partial charge in [0.25, 0.3) is 15.9 Å². The van der Waals surface area contributed by atoms with Crippen molar-refractivity contribution in [3.8, 4) is 11.5 Å². The average Bonchev–Trinajstić information content (AvgIpc) is 2.99. The third-order valence-corrected chi connectivity index (χ3v) is 8.58. The number of sulfonamides is 1. The van der Waals surface area contributed by atoms with Crippen molar-refractivity contribution in [1.82, 2.24) is 9.80 Å². The lowest BCUT2D eigenvalue weighted by atomic mass is 9.99. The van der Waals surface area contributed by atoms with Crippen LogP contribution in [0.1, 0.15) is 24.2 Å². The summed E-state index contributed by atoms with van der Waals surface area (Å²) >= 11 is 0. The molecule has 3 N–H and O–H groups in total. The summed E-state index contributed by atoms with van der Waals surface area (Å²) in [5.74, 6) is -0.759. The quantitative estimate of drug-likeness (QED) is 0.331. The van der Waals surface area contributed by atoms with Gasteiger partial charge in [-0.2, -0.15) is 0 Å². The van der Waals surface area contributed by atoms with Crippen LogP contribution in [0.5, 0.6) is 11.5 Å². The molecule has 11 nitrogen and oxygen atoms in total. The highest BCUT2D eigenvalue weighted by atomic mass is 32.2. The molecule has 4 rings (SSSR count). The number of para-hydroxylation sites is 1. The molecule has 0 radical (unpaired) electrons. The second-order valence-electron chi connectivity index (χ2n) is 10.4. The third-order valence-electron chi connectivity index (χ3n) is 7.20. The Hall–Kier alpha value is -4.36. The van der Waals surface area contributed by atoms with Crippen molar-refractivity contribution < 1.29 is 37.0 Å². The van der Waals surface area contributed by atoms with Crippen molar-refractivity contribution in [2.45, 2.75) is 30.9 Å². The van der Waals surface area contributed by atoms with Crippen LogP contribution in [-0.2, 0) is 10.0 Å². The number of nitrogens with zero attached hydrogens (tertiary/aromatic N) is 2. The van der Waals surface area contributed by atoms with Crippen molar-refractivity contribution in [2.24, 2.45) is 5.92 Å². The van der Waals surface area contributed by atoms with Crippen LogP contribution in [-0.4, -0.2) is 81.3 Å². The first-order valence-electron chi connectivity index (χ1n) is 13.6. The number of methoxy groups -OCH3 is 1. The van der Waals surface area contributed by atoms with Gasteiger partial charge >= 0.3 is 6.03 Å². The van der Waals surface area contributed by atoms with E-state index in [1.54, 1.807) is 45.3 Å². The first-order chi connectivity index (χ1) is 20.4. The number of aliphatic hydroxyl groups excluding tert-OH is 1. The lowest BCUT2D eigenvalue weighted by molar-refractivity contribution is 0.0373. The summed E-state index contributed by atoms with van der Waals surface area (Å²) in [7, 11) is -1.05.